The molecule has 2 rings (SSSR count). The minimum absolute atomic E-state index is 0.328. The molecule has 0 saturated heterocycles. The minimum atomic E-state index is 0.328. The number of carbonyl (C=O) groups is 1. The van der Waals surface area contributed by atoms with Gasteiger partial charge < -0.3 is 0 Å². The number of benzene rings is 2. The van der Waals surface area contributed by atoms with E-state index in [9.17, 15) is 4.79 Å². The van der Waals surface area contributed by atoms with Gasteiger partial charge in [-0.25, -0.2) is 0 Å². The van der Waals surface area contributed by atoms with Crippen molar-refractivity contribution >= 4 is 21.7 Å². The van der Waals surface area contributed by atoms with Crippen LogP contribution in [0.4, 0.5) is 0 Å². The summed E-state index contributed by atoms with van der Waals surface area (Å²) in [5, 5.41) is 0.806. The number of hydrogen-bond acceptors (Lipinski definition) is 1. The van der Waals surface area contributed by atoms with Crippen LogP contribution < -0.4 is 0 Å². The number of alkyl halides is 1. The first-order chi connectivity index (χ1) is 9.79. The molecule has 0 aromatic heterocycles. The van der Waals surface area contributed by atoms with E-state index in [0.717, 1.165) is 23.7 Å². The molecule has 0 spiro atoms. The standard InChI is InChI=1S/C18H19BrO/c19-14-17-11-5-4-10-16(17)13-18(20)12-6-9-15-7-2-1-3-8-15/h1-5,7-8,10-11H,6,9,12-14H2. The molecule has 2 heteroatoms. The summed E-state index contributed by atoms with van der Waals surface area (Å²) >= 11 is 3.47. The second-order valence-electron chi connectivity index (χ2n) is 4.96. The van der Waals surface area contributed by atoms with E-state index in [4.69, 9.17) is 0 Å². The van der Waals surface area contributed by atoms with E-state index in [1.165, 1.54) is 11.1 Å². The highest BCUT2D eigenvalue weighted by molar-refractivity contribution is 9.08. The van der Waals surface area contributed by atoms with E-state index in [2.05, 4.69) is 34.1 Å². The first-order valence-corrected chi connectivity index (χ1v) is 8.10. The zero-order valence-electron chi connectivity index (χ0n) is 11.5. The van der Waals surface area contributed by atoms with E-state index in [1.807, 2.05) is 36.4 Å². The number of rotatable bonds is 7. The average molecular weight is 331 g/mol. The van der Waals surface area contributed by atoms with Crippen LogP contribution in [-0.2, 0) is 23.0 Å². The number of halogens is 1. The molecule has 0 fully saturated rings. The molecule has 1 nitrogen and oxygen atoms in total. The van der Waals surface area contributed by atoms with Crippen molar-refractivity contribution in [3.63, 3.8) is 0 Å². The van der Waals surface area contributed by atoms with Crippen LogP contribution in [0.2, 0.25) is 0 Å². The molecule has 104 valence electrons. The monoisotopic (exact) mass is 330 g/mol. The van der Waals surface area contributed by atoms with Crippen molar-refractivity contribution in [3.05, 3.63) is 71.3 Å². The molecular formula is C18H19BrO. The summed E-state index contributed by atoms with van der Waals surface area (Å²) in [7, 11) is 0. The normalized spacial score (nSPS) is 10.4. The number of carbonyl (C=O) groups excluding carboxylic acids is 1. The highest BCUT2D eigenvalue weighted by atomic mass is 79.9. The molecule has 0 aliphatic heterocycles. The van der Waals surface area contributed by atoms with Crippen molar-refractivity contribution in [2.45, 2.75) is 31.0 Å². The van der Waals surface area contributed by atoms with E-state index in [0.29, 0.717) is 18.6 Å². The molecule has 20 heavy (non-hydrogen) atoms. The number of Topliss-reactive ketones (excluding diaryl/α,β-unsaturated/α-hetero) is 1. The zero-order chi connectivity index (χ0) is 14.2. The van der Waals surface area contributed by atoms with Gasteiger partial charge in [-0.1, -0.05) is 70.5 Å². The number of ketones is 1. The molecule has 0 aliphatic carbocycles. The van der Waals surface area contributed by atoms with E-state index < -0.39 is 0 Å². The zero-order valence-corrected chi connectivity index (χ0v) is 13.1. The van der Waals surface area contributed by atoms with E-state index in [1.54, 1.807) is 0 Å². The van der Waals surface area contributed by atoms with Gasteiger partial charge in [-0.3, -0.25) is 4.79 Å². The van der Waals surface area contributed by atoms with Crippen molar-refractivity contribution in [2.75, 3.05) is 0 Å². The highest BCUT2D eigenvalue weighted by Gasteiger charge is 2.07. The third-order valence-electron chi connectivity index (χ3n) is 3.41. The van der Waals surface area contributed by atoms with Gasteiger partial charge in [0.05, 0.1) is 0 Å². The Balaban J connectivity index is 1.81. The lowest BCUT2D eigenvalue weighted by molar-refractivity contribution is -0.118. The Labute approximate surface area is 129 Å². The quantitative estimate of drug-likeness (QED) is 0.671. The summed E-state index contributed by atoms with van der Waals surface area (Å²) in [6, 6.07) is 18.5. The van der Waals surface area contributed by atoms with Crippen LogP contribution in [-0.4, -0.2) is 5.78 Å². The van der Waals surface area contributed by atoms with Crippen molar-refractivity contribution in [3.8, 4) is 0 Å². The largest absolute Gasteiger partial charge is 0.299 e. The van der Waals surface area contributed by atoms with E-state index >= 15 is 0 Å². The molecule has 0 aliphatic rings. The Bertz CT molecular complexity index is 548. The predicted octanol–water partition coefficient (Wildman–Crippen LogP) is 4.72. The maximum absolute atomic E-state index is 12.1. The van der Waals surface area contributed by atoms with Crippen LogP contribution in [0.5, 0.6) is 0 Å². The summed E-state index contributed by atoms with van der Waals surface area (Å²) in [5.41, 5.74) is 3.67. The topological polar surface area (TPSA) is 17.1 Å². The molecule has 0 bridgehead atoms. The van der Waals surface area contributed by atoms with Crippen LogP contribution >= 0.6 is 15.9 Å². The Hall–Kier alpha value is -1.41. The summed E-state index contributed by atoms with van der Waals surface area (Å²) < 4.78 is 0. The van der Waals surface area contributed by atoms with Crippen LogP contribution in [0.1, 0.15) is 29.5 Å². The molecule has 2 aromatic rings. The van der Waals surface area contributed by atoms with Gasteiger partial charge in [-0.05, 0) is 29.5 Å². The van der Waals surface area contributed by atoms with Crippen molar-refractivity contribution < 1.29 is 4.79 Å². The van der Waals surface area contributed by atoms with Gasteiger partial charge in [0, 0.05) is 18.2 Å². The molecule has 0 heterocycles. The van der Waals surface area contributed by atoms with Crippen LogP contribution in [0.25, 0.3) is 0 Å². The smallest absolute Gasteiger partial charge is 0.137 e. The van der Waals surface area contributed by atoms with E-state index in [-0.39, 0.29) is 0 Å². The van der Waals surface area contributed by atoms with Gasteiger partial charge in [-0.15, -0.1) is 0 Å². The second-order valence-corrected chi connectivity index (χ2v) is 5.52. The lowest BCUT2D eigenvalue weighted by Crippen LogP contribution is -2.05. The van der Waals surface area contributed by atoms with Gasteiger partial charge in [0.15, 0.2) is 0 Å². The van der Waals surface area contributed by atoms with Crippen molar-refractivity contribution in [1.29, 1.82) is 0 Å². The maximum atomic E-state index is 12.1. The summed E-state index contributed by atoms with van der Waals surface area (Å²) in [5.74, 6) is 0.328. The average Bonchev–Trinajstić information content (AvgIpc) is 2.49. The van der Waals surface area contributed by atoms with Crippen molar-refractivity contribution in [1.82, 2.24) is 0 Å². The van der Waals surface area contributed by atoms with Crippen molar-refractivity contribution in [2.24, 2.45) is 0 Å². The fourth-order valence-electron chi connectivity index (χ4n) is 2.30. The van der Waals surface area contributed by atoms with Crippen LogP contribution in [0, 0.1) is 0 Å². The Morgan fingerprint density at radius 1 is 0.900 bits per heavy atom. The summed E-state index contributed by atoms with van der Waals surface area (Å²) in [6.07, 6.45) is 3.12. The summed E-state index contributed by atoms with van der Waals surface area (Å²) in [4.78, 5) is 12.1. The fourth-order valence-corrected chi connectivity index (χ4v) is 2.84. The maximum Gasteiger partial charge on any atom is 0.137 e. The third-order valence-corrected chi connectivity index (χ3v) is 4.02. The van der Waals surface area contributed by atoms with Gasteiger partial charge >= 0.3 is 0 Å². The lowest BCUT2D eigenvalue weighted by Gasteiger charge is -2.06. The first-order valence-electron chi connectivity index (χ1n) is 6.98. The molecule has 2 aromatic carbocycles. The van der Waals surface area contributed by atoms with Gasteiger partial charge in [-0.2, -0.15) is 0 Å². The second kappa shape index (κ2) is 8.01. The van der Waals surface area contributed by atoms with Crippen LogP contribution in [0.3, 0.4) is 0 Å². The SMILES string of the molecule is O=C(CCCc1ccccc1)Cc1ccccc1CBr. The van der Waals surface area contributed by atoms with Gasteiger partial charge in [0.2, 0.25) is 0 Å². The third kappa shape index (κ3) is 4.61. The predicted molar refractivity (Wildman–Crippen MR) is 87.2 cm³/mol. The Morgan fingerprint density at radius 2 is 1.55 bits per heavy atom. The van der Waals surface area contributed by atoms with Gasteiger partial charge in [0.1, 0.15) is 5.78 Å². The Kier molecular flexibility index (Phi) is 6.00. The van der Waals surface area contributed by atoms with Crippen LogP contribution in [0.15, 0.2) is 54.6 Å². The molecule has 0 amide bonds. The molecule has 0 radical (unpaired) electrons. The minimum Gasteiger partial charge on any atom is -0.299 e. The number of aryl methyl sites for hydroxylation is 1. The molecule has 0 unspecified atom stereocenters. The molecular weight excluding hydrogens is 312 g/mol. The fraction of sp³-hybridized carbons (Fsp3) is 0.278. The summed E-state index contributed by atoms with van der Waals surface area (Å²) in [6.45, 7) is 0. The lowest BCUT2D eigenvalue weighted by atomic mass is 10.00. The van der Waals surface area contributed by atoms with Gasteiger partial charge in [0.25, 0.3) is 0 Å². The Morgan fingerprint density at radius 3 is 2.25 bits per heavy atom. The molecule has 0 N–H and O–H groups in total. The number of hydrogen-bond donors (Lipinski definition) is 0. The molecule has 0 saturated carbocycles. The molecule has 0 atom stereocenters. The highest BCUT2D eigenvalue weighted by Crippen LogP contribution is 2.14. The first kappa shape index (κ1) is 15.0.